The zero-order valence-electron chi connectivity index (χ0n) is 14.7. The zero-order valence-corrected chi connectivity index (χ0v) is 15.5. The molecule has 0 saturated carbocycles. The van der Waals surface area contributed by atoms with Gasteiger partial charge in [0.1, 0.15) is 6.04 Å². The van der Waals surface area contributed by atoms with Crippen molar-refractivity contribution in [3.8, 4) is 0 Å². The number of thiophene rings is 1. The minimum Gasteiger partial charge on any atom is -0.456 e. The highest BCUT2D eigenvalue weighted by Crippen LogP contribution is 2.17. The van der Waals surface area contributed by atoms with Gasteiger partial charge in [-0.3, -0.25) is 19.2 Å². The molecule has 0 bridgehead atoms. The fourth-order valence-electron chi connectivity index (χ4n) is 1.89. The van der Waals surface area contributed by atoms with Crippen molar-refractivity contribution in [1.82, 2.24) is 10.6 Å². The molecule has 2 N–H and O–H groups in total. The molecule has 7 nitrogen and oxygen atoms in total. The second-order valence-corrected chi connectivity index (χ2v) is 6.86. The van der Waals surface area contributed by atoms with E-state index in [1.807, 2.05) is 19.9 Å². The average Bonchev–Trinajstić information content (AvgIpc) is 3.02. The predicted octanol–water partition coefficient (Wildman–Crippen LogP) is 1.59. The van der Waals surface area contributed by atoms with Crippen LogP contribution in [0.25, 0.3) is 0 Å². The van der Waals surface area contributed by atoms with Crippen LogP contribution in [-0.4, -0.2) is 42.8 Å². The molecule has 0 aliphatic rings. The molecular formula is C17H24N2O5S. The Balaban J connectivity index is 2.25. The Morgan fingerprint density at radius 1 is 1.20 bits per heavy atom. The number of hydrogen-bond acceptors (Lipinski definition) is 6. The molecule has 8 heteroatoms. The first-order chi connectivity index (χ1) is 11.8. The van der Waals surface area contributed by atoms with Crippen LogP contribution in [0.2, 0.25) is 0 Å². The lowest BCUT2D eigenvalue weighted by molar-refractivity contribution is -0.148. The summed E-state index contributed by atoms with van der Waals surface area (Å²) in [6, 6.07) is 2.87. The Morgan fingerprint density at radius 2 is 1.92 bits per heavy atom. The third-order valence-electron chi connectivity index (χ3n) is 3.26. The SMILES string of the molecule is CCCNC(=O)[C@@H](C)NC(=O)COC(=O)CCC(=O)c1ccc(C)s1. The summed E-state index contributed by atoms with van der Waals surface area (Å²) in [5.74, 6) is -1.60. The summed E-state index contributed by atoms with van der Waals surface area (Å²) in [5.41, 5.74) is 0. The first-order valence-corrected chi connectivity index (χ1v) is 8.97. The number of carbonyl (C=O) groups excluding carboxylic acids is 4. The Bertz CT molecular complexity index is 626. The lowest BCUT2D eigenvalue weighted by atomic mass is 10.2. The molecule has 25 heavy (non-hydrogen) atoms. The maximum absolute atomic E-state index is 11.9. The van der Waals surface area contributed by atoms with Gasteiger partial charge < -0.3 is 15.4 Å². The number of Topliss-reactive ketones (excluding diaryl/α,β-unsaturated/α-hetero) is 1. The van der Waals surface area contributed by atoms with Gasteiger partial charge in [-0.25, -0.2) is 0 Å². The van der Waals surface area contributed by atoms with Crippen molar-refractivity contribution in [2.45, 2.75) is 46.1 Å². The van der Waals surface area contributed by atoms with Gasteiger partial charge in [-0.1, -0.05) is 6.92 Å². The van der Waals surface area contributed by atoms with E-state index in [2.05, 4.69) is 10.6 Å². The van der Waals surface area contributed by atoms with E-state index in [4.69, 9.17) is 4.74 Å². The molecule has 0 fully saturated rings. The fraction of sp³-hybridized carbons (Fsp3) is 0.529. The smallest absolute Gasteiger partial charge is 0.306 e. The van der Waals surface area contributed by atoms with E-state index in [9.17, 15) is 19.2 Å². The Kier molecular flexibility index (Phi) is 8.83. The predicted molar refractivity (Wildman–Crippen MR) is 94.5 cm³/mol. The summed E-state index contributed by atoms with van der Waals surface area (Å²) in [5, 5.41) is 5.10. The van der Waals surface area contributed by atoms with Gasteiger partial charge in [0.2, 0.25) is 5.91 Å². The van der Waals surface area contributed by atoms with Gasteiger partial charge in [0.05, 0.1) is 11.3 Å². The highest BCUT2D eigenvalue weighted by atomic mass is 32.1. The molecule has 0 spiro atoms. The number of aryl methyl sites for hydroxylation is 1. The van der Waals surface area contributed by atoms with E-state index in [0.717, 1.165) is 11.3 Å². The van der Waals surface area contributed by atoms with Gasteiger partial charge in [-0.2, -0.15) is 0 Å². The topological polar surface area (TPSA) is 102 Å². The summed E-state index contributed by atoms with van der Waals surface area (Å²) >= 11 is 1.38. The molecule has 1 heterocycles. The van der Waals surface area contributed by atoms with Gasteiger partial charge in [0, 0.05) is 17.8 Å². The average molecular weight is 368 g/mol. The number of rotatable bonds is 10. The molecule has 138 valence electrons. The first-order valence-electron chi connectivity index (χ1n) is 8.15. The molecule has 1 aromatic heterocycles. The number of nitrogens with one attached hydrogen (secondary N) is 2. The van der Waals surface area contributed by atoms with Gasteiger partial charge >= 0.3 is 5.97 Å². The highest BCUT2D eigenvalue weighted by molar-refractivity contribution is 7.14. The van der Waals surface area contributed by atoms with Crippen LogP contribution < -0.4 is 10.6 Å². The van der Waals surface area contributed by atoms with Crippen LogP contribution in [0.1, 0.15) is 47.7 Å². The maximum Gasteiger partial charge on any atom is 0.306 e. The number of carbonyl (C=O) groups is 4. The van der Waals surface area contributed by atoms with Crippen LogP contribution in [0, 0.1) is 6.92 Å². The number of hydrogen-bond donors (Lipinski definition) is 2. The first kappa shape index (κ1) is 20.8. The van der Waals surface area contributed by atoms with Gasteiger partial charge in [-0.05, 0) is 32.4 Å². The minimum atomic E-state index is -0.707. The van der Waals surface area contributed by atoms with Gasteiger partial charge in [-0.15, -0.1) is 11.3 Å². The van der Waals surface area contributed by atoms with Gasteiger partial charge in [0.15, 0.2) is 12.4 Å². The number of esters is 1. The molecule has 0 aliphatic carbocycles. The lowest BCUT2D eigenvalue weighted by Gasteiger charge is -2.13. The Labute approximate surface area is 151 Å². The molecule has 1 atom stereocenters. The standard InChI is InChI=1S/C17H24N2O5S/c1-4-9-18-17(23)12(3)19-15(21)10-24-16(22)8-6-13(20)14-7-5-11(2)25-14/h5,7,12H,4,6,8-10H2,1-3H3,(H,18,23)(H,19,21)/t12-/m1/s1. The van der Waals surface area contributed by atoms with Crippen LogP contribution >= 0.6 is 11.3 Å². The number of amides is 2. The van der Waals surface area contributed by atoms with Crippen LogP contribution in [0.15, 0.2) is 12.1 Å². The summed E-state index contributed by atoms with van der Waals surface area (Å²) in [6.45, 7) is 5.43. The maximum atomic E-state index is 11.9. The summed E-state index contributed by atoms with van der Waals surface area (Å²) in [7, 11) is 0. The van der Waals surface area contributed by atoms with E-state index >= 15 is 0 Å². The minimum absolute atomic E-state index is 0.0379. The van der Waals surface area contributed by atoms with E-state index in [-0.39, 0.29) is 24.5 Å². The third kappa shape index (κ3) is 7.93. The van der Waals surface area contributed by atoms with E-state index in [0.29, 0.717) is 11.4 Å². The highest BCUT2D eigenvalue weighted by Gasteiger charge is 2.17. The van der Waals surface area contributed by atoms with E-state index in [1.165, 1.54) is 11.3 Å². The molecular weight excluding hydrogens is 344 g/mol. The molecule has 1 rings (SSSR count). The van der Waals surface area contributed by atoms with Crippen molar-refractivity contribution in [3.05, 3.63) is 21.9 Å². The summed E-state index contributed by atoms with van der Waals surface area (Å²) in [4.78, 5) is 48.4. The van der Waals surface area contributed by atoms with Crippen molar-refractivity contribution in [2.24, 2.45) is 0 Å². The summed E-state index contributed by atoms with van der Waals surface area (Å²) in [6.07, 6.45) is 0.750. The van der Waals surface area contributed by atoms with Crippen molar-refractivity contribution in [3.63, 3.8) is 0 Å². The fourth-order valence-corrected chi connectivity index (χ4v) is 2.73. The quantitative estimate of drug-likeness (QED) is 0.482. The molecule has 0 radical (unpaired) electrons. The second kappa shape index (κ2) is 10.6. The largest absolute Gasteiger partial charge is 0.456 e. The third-order valence-corrected chi connectivity index (χ3v) is 4.30. The van der Waals surface area contributed by atoms with Crippen molar-refractivity contribution >= 4 is 34.9 Å². The molecule has 1 aromatic rings. The van der Waals surface area contributed by atoms with E-state index < -0.39 is 24.5 Å². The molecule has 2 amide bonds. The molecule has 0 saturated heterocycles. The van der Waals surface area contributed by atoms with E-state index in [1.54, 1.807) is 13.0 Å². The summed E-state index contributed by atoms with van der Waals surface area (Å²) < 4.78 is 4.83. The van der Waals surface area contributed by atoms with Crippen LogP contribution in [0.4, 0.5) is 0 Å². The van der Waals surface area contributed by atoms with Crippen molar-refractivity contribution in [1.29, 1.82) is 0 Å². The molecule has 0 aromatic carbocycles. The lowest BCUT2D eigenvalue weighted by Crippen LogP contribution is -2.46. The monoisotopic (exact) mass is 368 g/mol. The van der Waals surface area contributed by atoms with Crippen molar-refractivity contribution in [2.75, 3.05) is 13.2 Å². The number of ether oxygens (including phenoxy) is 1. The van der Waals surface area contributed by atoms with Crippen LogP contribution in [0.5, 0.6) is 0 Å². The van der Waals surface area contributed by atoms with Crippen LogP contribution in [0.3, 0.4) is 0 Å². The van der Waals surface area contributed by atoms with Crippen LogP contribution in [-0.2, 0) is 19.1 Å². The normalized spacial score (nSPS) is 11.5. The Morgan fingerprint density at radius 3 is 2.52 bits per heavy atom. The molecule has 0 unspecified atom stereocenters. The van der Waals surface area contributed by atoms with Gasteiger partial charge in [0.25, 0.3) is 5.91 Å². The zero-order chi connectivity index (χ0) is 18.8. The Hall–Kier alpha value is -2.22. The number of ketones is 1. The van der Waals surface area contributed by atoms with Crippen molar-refractivity contribution < 1.29 is 23.9 Å². The second-order valence-electron chi connectivity index (χ2n) is 5.57. The molecule has 0 aliphatic heterocycles.